The van der Waals surface area contributed by atoms with Gasteiger partial charge >= 0.3 is 0 Å². The van der Waals surface area contributed by atoms with Gasteiger partial charge in [-0.05, 0) is 38.8 Å². The highest BCUT2D eigenvalue weighted by atomic mass is 127. The van der Waals surface area contributed by atoms with Crippen molar-refractivity contribution in [2.24, 2.45) is 4.99 Å². The molecule has 0 spiro atoms. The Kier molecular flexibility index (Phi) is 9.05. The van der Waals surface area contributed by atoms with E-state index in [1.165, 1.54) is 12.1 Å². The third-order valence-corrected chi connectivity index (χ3v) is 4.51. The summed E-state index contributed by atoms with van der Waals surface area (Å²) in [4.78, 5) is 10.7. The number of aryl methyl sites for hydroxylation is 2. The van der Waals surface area contributed by atoms with Gasteiger partial charge in [0.25, 0.3) is 0 Å². The molecule has 1 aromatic heterocycles. The maximum absolute atomic E-state index is 14.0. The lowest BCUT2D eigenvalue weighted by Crippen LogP contribution is -2.44. The van der Waals surface area contributed by atoms with Crippen molar-refractivity contribution in [3.63, 3.8) is 0 Å². The number of hydrogen-bond donors (Lipinski definition) is 2. The van der Waals surface area contributed by atoms with Crippen LogP contribution in [0.1, 0.15) is 31.5 Å². The SMILES string of the molecule is CCNC(=NCCCc1nc(C)no1)NC1CCN(c2ccc(F)cc2F)C1.I. The fourth-order valence-corrected chi connectivity index (χ4v) is 3.21. The van der Waals surface area contributed by atoms with E-state index < -0.39 is 11.6 Å². The summed E-state index contributed by atoms with van der Waals surface area (Å²) >= 11 is 0. The normalized spacial score (nSPS) is 16.6. The van der Waals surface area contributed by atoms with Crippen LogP contribution in [-0.4, -0.2) is 48.3 Å². The molecule has 7 nitrogen and oxygen atoms in total. The Morgan fingerprint density at radius 1 is 1.38 bits per heavy atom. The van der Waals surface area contributed by atoms with Gasteiger partial charge in [0.2, 0.25) is 5.89 Å². The van der Waals surface area contributed by atoms with E-state index in [-0.39, 0.29) is 30.0 Å². The molecule has 1 atom stereocenters. The second kappa shape index (κ2) is 11.3. The van der Waals surface area contributed by atoms with Gasteiger partial charge in [0.05, 0.1) is 5.69 Å². The molecule has 3 rings (SSSR count). The van der Waals surface area contributed by atoms with Crippen molar-refractivity contribution in [2.45, 2.75) is 39.2 Å². The summed E-state index contributed by atoms with van der Waals surface area (Å²) in [5.41, 5.74) is 0.433. The highest BCUT2D eigenvalue weighted by Gasteiger charge is 2.25. The zero-order chi connectivity index (χ0) is 19.9. The van der Waals surface area contributed by atoms with Gasteiger partial charge in [0.1, 0.15) is 11.6 Å². The van der Waals surface area contributed by atoms with Crippen LogP contribution in [0.2, 0.25) is 0 Å². The molecular weight excluding hydrogens is 493 g/mol. The lowest BCUT2D eigenvalue weighted by molar-refractivity contribution is 0.372. The second-order valence-electron chi connectivity index (χ2n) is 6.77. The molecule has 10 heteroatoms. The Balaban J connectivity index is 0.00000300. The fraction of sp³-hybridized carbons (Fsp3) is 0.526. The Morgan fingerprint density at radius 2 is 2.21 bits per heavy atom. The lowest BCUT2D eigenvalue weighted by Gasteiger charge is -2.21. The van der Waals surface area contributed by atoms with Crippen molar-refractivity contribution in [2.75, 3.05) is 31.1 Å². The Labute approximate surface area is 186 Å². The minimum atomic E-state index is -0.563. The number of nitrogens with zero attached hydrogens (tertiary/aromatic N) is 4. The van der Waals surface area contributed by atoms with Crippen LogP contribution in [0.3, 0.4) is 0 Å². The minimum Gasteiger partial charge on any atom is -0.367 e. The molecule has 0 bridgehead atoms. The molecule has 0 amide bonds. The first kappa shape index (κ1) is 23.3. The maximum atomic E-state index is 14.0. The summed E-state index contributed by atoms with van der Waals surface area (Å²) in [6.45, 7) is 6.51. The van der Waals surface area contributed by atoms with E-state index in [1.807, 2.05) is 11.8 Å². The first-order chi connectivity index (χ1) is 13.5. The molecule has 0 saturated carbocycles. The molecule has 2 aromatic rings. The quantitative estimate of drug-likeness (QED) is 0.253. The lowest BCUT2D eigenvalue weighted by atomic mass is 10.2. The standard InChI is InChI=1S/C19H26F2N6O.HI/c1-3-22-19(23-9-4-5-18-24-13(2)26-28-18)25-15-8-10-27(12-15)17-7-6-14(20)11-16(17)21;/h6-7,11,15H,3-5,8-10,12H2,1-2H3,(H2,22,23,25);1H. The summed E-state index contributed by atoms with van der Waals surface area (Å²) in [5.74, 6) is 0.899. The van der Waals surface area contributed by atoms with Gasteiger partial charge in [0.15, 0.2) is 11.8 Å². The topological polar surface area (TPSA) is 78.6 Å². The van der Waals surface area contributed by atoms with Gasteiger partial charge < -0.3 is 20.1 Å². The third-order valence-electron chi connectivity index (χ3n) is 4.51. The predicted octanol–water partition coefficient (Wildman–Crippen LogP) is 3.04. The molecule has 29 heavy (non-hydrogen) atoms. The maximum Gasteiger partial charge on any atom is 0.226 e. The number of aromatic nitrogens is 2. The molecule has 1 aliphatic heterocycles. The van der Waals surface area contributed by atoms with Crippen LogP contribution < -0.4 is 15.5 Å². The van der Waals surface area contributed by atoms with Crippen molar-refractivity contribution in [3.8, 4) is 0 Å². The van der Waals surface area contributed by atoms with Crippen molar-refractivity contribution in [1.82, 2.24) is 20.8 Å². The van der Waals surface area contributed by atoms with Gasteiger partial charge in [0, 0.05) is 44.7 Å². The molecule has 1 unspecified atom stereocenters. The van der Waals surface area contributed by atoms with Crippen LogP contribution >= 0.6 is 24.0 Å². The summed E-state index contributed by atoms with van der Waals surface area (Å²) in [6, 6.07) is 3.84. The van der Waals surface area contributed by atoms with Crippen LogP contribution in [0, 0.1) is 18.6 Å². The monoisotopic (exact) mass is 520 g/mol. The van der Waals surface area contributed by atoms with Crippen molar-refractivity contribution >= 4 is 35.6 Å². The summed E-state index contributed by atoms with van der Waals surface area (Å²) in [6.07, 6.45) is 2.34. The van der Waals surface area contributed by atoms with Gasteiger partial charge in [-0.2, -0.15) is 4.98 Å². The van der Waals surface area contributed by atoms with Crippen LogP contribution in [0.15, 0.2) is 27.7 Å². The number of guanidine groups is 1. The summed E-state index contributed by atoms with van der Waals surface area (Å²) < 4.78 is 32.2. The van der Waals surface area contributed by atoms with E-state index in [0.29, 0.717) is 43.5 Å². The van der Waals surface area contributed by atoms with E-state index in [0.717, 1.165) is 31.4 Å². The Bertz CT molecular complexity index is 816. The smallest absolute Gasteiger partial charge is 0.226 e. The molecule has 2 heterocycles. The average molecular weight is 520 g/mol. The first-order valence-corrected chi connectivity index (χ1v) is 9.59. The molecule has 1 fully saturated rings. The first-order valence-electron chi connectivity index (χ1n) is 9.59. The van der Waals surface area contributed by atoms with E-state index in [2.05, 4.69) is 25.8 Å². The number of rotatable bonds is 7. The van der Waals surface area contributed by atoms with Crippen LogP contribution in [-0.2, 0) is 6.42 Å². The highest BCUT2D eigenvalue weighted by Crippen LogP contribution is 2.24. The number of nitrogens with one attached hydrogen (secondary N) is 2. The van der Waals surface area contributed by atoms with E-state index in [1.54, 1.807) is 6.92 Å². The fourth-order valence-electron chi connectivity index (χ4n) is 3.21. The predicted molar refractivity (Wildman–Crippen MR) is 119 cm³/mol. The van der Waals surface area contributed by atoms with Gasteiger partial charge in [-0.1, -0.05) is 5.16 Å². The van der Waals surface area contributed by atoms with Crippen molar-refractivity contribution in [1.29, 1.82) is 0 Å². The number of halogens is 3. The highest BCUT2D eigenvalue weighted by molar-refractivity contribution is 14.0. The molecule has 1 aromatic carbocycles. The Morgan fingerprint density at radius 3 is 2.90 bits per heavy atom. The third kappa shape index (κ3) is 6.79. The zero-order valence-electron chi connectivity index (χ0n) is 16.6. The van der Waals surface area contributed by atoms with Gasteiger partial charge in [-0.15, -0.1) is 24.0 Å². The van der Waals surface area contributed by atoms with Crippen molar-refractivity contribution in [3.05, 3.63) is 41.5 Å². The number of hydrogen-bond acceptors (Lipinski definition) is 5. The molecule has 1 saturated heterocycles. The van der Waals surface area contributed by atoms with Gasteiger partial charge in [-0.25, -0.2) is 8.78 Å². The summed E-state index contributed by atoms with van der Waals surface area (Å²) in [5, 5.41) is 10.4. The molecule has 160 valence electrons. The minimum absolute atomic E-state index is 0. The van der Waals surface area contributed by atoms with Crippen LogP contribution in [0.5, 0.6) is 0 Å². The number of anilines is 1. The number of aliphatic imine (C=N–C) groups is 1. The Hall–Kier alpha value is -1.98. The molecule has 0 aliphatic carbocycles. The largest absolute Gasteiger partial charge is 0.367 e. The van der Waals surface area contributed by atoms with E-state index >= 15 is 0 Å². The second-order valence-corrected chi connectivity index (χ2v) is 6.77. The zero-order valence-corrected chi connectivity index (χ0v) is 19.0. The molecule has 1 aliphatic rings. The molecule has 0 radical (unpaired) electrons. The van der Waals surface area contributed by atoms with Crippen LogP contribution in [0.25, 0.3) is 0 Å². The van der Waals surface area contributed by atoms with E-state index in [9.17, 15) is 8.78 Å². The number of benzene rings is 1. The van der Waals surface area contributed by atoms with Crippen molar-refractivity contribution < 1.29 is 13.3 Å². The molecule has 2 N–H and O–H groups in total. The molecular formula is C19H27F2IN6O. The van der Waals surface area contributed by atoms with Gasteiger partial charge in [-0.3, -0.25) is 4.99 Å². The summed E-state index contributed by atoms with van der Waals surface area (Å²) in [7, 11) is 0. The average Bonchev–Trinajstić information content (AvgIpc) is 3.28. The van der Waals surface area contributed by atoms with Crippen LogP contribution in [0.4, 0.5) is 14.5 Å². The van der Waals surface area contributed by atoms with E-state index in [4.69, 9.17) is 4.52 Å².